The van der Waals surface area contributed by atoms with E-state index in [0.29, 0.717) is 12.3 Å². The van der Waals surface area contributed by atoms with Crippen molar-refractivity contribution in [1.82, 2.24) is 10.6 Å². The van der Waals surface area contributed by atoms with Gasteiger partial charge in [0.05, 0.1) is 6.61 Å². The molecule has 1 rings (SSSR count). The molecule has 14 heavy (non-hydrogen) atoms. The molecular formula is C7H11ClN4O2. The summed E-state index contributed by atoms with van der Waals surface area (Å²) in [5.74, 6) is 0.164. The number of amides is 1. The van der Waals surface area contributed by atoms with Gasteiger partial charge in [-0.05, 0) is 6.92 Å². The third kappa shape index (κ3) is 2.81. The van der Waals surface area contributed by atoms with Crippen LogP contribution in [0.2, 0.25) is 0 Å². The van der Waals surface area contributed by atoms with E-state index in [-0.39, 0.29) is 5.84 Å². The highest BCUT2D eigenvalue weighted by atomic mass is 35.5. The number of nitrogens with one attached hydrogen (secondary N) is 2. The van der Waals surface area contributed by atoms with Crippen molar-refractivity contribution >= 4 is 23.5 Å². The zero-order chi connectivity index (χ0) is 10.6. The molecule has 4 N–H and O–H groups in total. The summed E-state index contributed by atoms with van der Waals surface area (Å²) in [5.41, 5.74) is 5.25. The van der Waals surface area contributed by atoms with Gasteiger partial charge in [-0.1, -0.05) is 11.6 Å². The lowest BCUT2D eigenvalue weighted by Gasteiger charge is -2.16. The fourth-order valence-corrected chi connectivity index (χ4v) is 1.00. The maximum Gasteiger partial charge on any atom is 0.411 e. The van der Waals surface area contributed by atoms with E-state index in [9.17, 15) is 4.79 Å². The number of nitrogens with zero attached hydrogens (tertiary/aromatic N) is 1. The molecule has 0 aromatic rings. The second-order valence-electron chi connectivity index (χ2n) is 2.42. The van der Waals surface area contributed by atoms with Gasteiger partial charge >= 0.3 is 6.09 Å². The SMILES string of the molecule is CCOC(=O)NC1=CNC(Cl)N=C1N. The topological polar surface area (TPSA) is 88.7 Å². The number of aliphatic imine (C=N–C) groups is 1. The number of carbonyl (C=O) groups excluding carboxylic acids is 1. The van der Waals surface area contributed by atoms with Crippen LogP contribution in [0, 0.1) is 0 Å². The molecule has 1 unspecified atom stereocenters. The molecule has 1 aliphatic heterocycles. The van der Waals surface area contributed by atoms with Crippen LogP contribution in [0.3, 0.4) is 0 Å². The maximum absolute atomic E-state index is 11.0. The van der Waals surface area contributed by atoms with E-state index in [4.69, 9.17) is 17.3 Å². The molecule has 0 spiro atoms. The van der Waals surface area contributed by atoms with Crippen LogP contribution in [0.1, 0.15) is 6.92 Å². The van der Waals surface area contributed by atoms with Gasteiger partial charge in [-0.3, -0.25) is 5.32 Å². The highest BCUT2D eigenvalue weighted by molar-refractivity contribution is 6.21. The zero-order valence-electron chi connectivity index (χ0n) is 7.58. The van der Waals surface area contributed by atoms with Gasteiger partial charge in [-0.15, -0.1) is 0 Å². The maximum atomic E-state index is 11.0. The Labute approximate surface area is 86.1 Å². The highest BCUT2D eigenvalue weighted by Crippen LogP contribution is 2.02. The molecular weight excluding hydrogens is 208 g/mol. The Morgan fingerprint density at radius 2 is 2.64 bits per heavy atom. The average molecular weight is 219 g/mol. The van der Waals surface area contributed by atoms with Crippen LogP contribution < -0.4 is 16.4 Å². The summed E-state index contributed by atoms with van der Waals surface area (Å²) >= 11 is 5.61. The van der Waals surface area contributed by atoms with Crippen molar-refractivity contribution in [3.63, 3.8) is 0 Å². The molecule has 0 bridgehead atoms. The normalized spacial score (nSPS) is 20.3. The van der Waals surface area contributed by atoms with E-state index in [1.165, 1.54) is 6.20 Å². The lowest BCUT2D eigenvalue weighted by Crippen LogP contribution is -2.38. The third-order valence-corrected chi connectivity index (χ3v) is 1.63. The number of rotatable bonds is 2. The van der Waals surface area contributed by atoms with Crippen LogP contribution in [-0.4, -0.2) is 24.2 Å². The number of hydrogen-bond donors (Lipinski definition) is 3. The Kier molecular flexibility index (Phi) is 3.58. The fourth-order valence-electron chi connectivity index (χ4n) is 0.832. The van der Waals surface area contributed by atoms with Crippen molar-refractivity contribution in [2.45, 2.75) is 12.5 Å². The van der Waals surface area contributed by atoms with Gasteiger partial charge in [-0.25, -0.2) is 9.79 Å². The van der Waals surface area contributed by atoms with Crippen molar-refractivity contribution < 1.29 is 9.53 Å². The van der Waals surface area contributed by atoms with Crippen LogP contribution in [0.15, 0.2) is 16.9 Å². The Hall–Kier alpha value is -1.43. The summed E-state index contributed by atoms with van der Waals surface area (Å²) in [6.45, 7) is 2.00. The summed E-state index contributed by atoms with van der Waals surface area (Å²) in [7, 11) is 0. The lowest BCUT2D eigenvalue weighted by atomic mass is 10.4. The number of carbonyl (C=O) groups is 1. The standard InChI is InChI=1S/C7H11ClN4O2/c1-2-14-7(13)11-4-3-10-6(8)12-5(4)9/h3,6,10H,2H2,1H3,(H2,9,12)(H,11,13). The van der Waals surface area contributed by atoms with Crippen LogP contribution in [0.4, 0.5) is 4.79 Å². The van der Waals surface area contributed by atoms with Gasteiger partial charge in [0.1, 0.15) is 11.5 Å². The minimum Gasteiger partial charge on any atom is -0.450 e. The van der Waals surface area contributed by atoms with E-state index >= 15 is 0 Å². The first-order valence-corrected chi connectivity index (χ1v) is 4.45. The first-order valence-electron chi connectivity index (χ1n) is 4.01. The van der Waals surface area contributed by atoms with Crippen LogP contribution in [0.25, 0.3) is 0 Å². The Morgan fingerprint density at radius 1 is 1.93 bits per heavy atom. The van der Waals surface area contributed by atoms with Crippen LogP contribution in [0.5, 0.6) is 0 Å². The number of amidine groups is 1. The zero-order valence-corrected chi connectivity index (χ0v) is 8.34. The molecule has 1 atom stereocenters. The quantitative estimate of drug-likeness (QED) is 0.452. The molecule has 0 saturated heterocycles. The minimum absolute atomic E-state index is 0.164. The fraction of sp³-hybridized carbons (Fsp3) is 0.429. The molecule has 0 saturated carbocycles. The summed E-state index contributed by atoms with van der Waals surface area (Å²) in [4.78, 5) is 14.8. The first-order chi connectivity index (χ1) is 6.63. The average Bonchev–Trinajstić information content (AvgIpc) is 2.10. The summed E-state index contributed by atoms with van der Waals surface area (Å²) < 4.78 is 4.66. The molecule has 0 aromatic carbocycles. The largest absolute Gasteiger partial charge is 0.450 e. The van der Waals surface area contributed by atoms with E-state index < -0.39 is 11.7 Å². The second-order valence-corrected chi connectivity index (χ2v) is 2.83. The molecule has 6 nitrogen and oxygen atoms in total. The Balaban J connectivity index is 2.54. The second kappa shape index (κ2) is 4.71. The molecule has 1 amide bonds. The van der Waals surface area contributed by atoms with Crippen molar-refractivity contribution in [1.29, 1.82) is 0 Å². The number of halogens is 1. The molecule has 1 aliphatic rings. The van der Waals surface area contributed by atoms with Crippen molar-refractivity contribution in [3.05, 3.63) is 11.9 Å². The third-order valence-electron chi connectivity index (χ3n) is 1.41. The molecule has 0 aromatic heterocycles. The van der Waals surface area contributed by atoms with Gasteiger partial charge < -0.3 is 15.8 Å². The predicted octanol–water partition coefficient (Wildman–Crippen LogP) is 0.0567. The predicted molar refractivity (Wildman–Crippen MR) is 52.6 cm³/mol. The number of nitrogens with two attached hydrogens (primary N) is 1. The van der Waals surface area contributed by atoms with E-state index in [1.54, 1.807) is 6.92 Å². The van der Waals surface area contributed by atoms with Crippen LogP contribution in [-0.2, 0) is 4.74 Å². The summed E-state index contributed by atoms with van der Waals surface area (Å²) in [5, 5.41) is 5.09. The lowest BCUT2D eigenvalue weighted by molar-refractivity contribution is 0.155. The van der Waals surface area contributed by atoms with Gasteiger partial charge in [0, 0.05) is 6.20 Å². The number of ether oxygens (including phenoxy) is 1. The van der Waals surface area contributed by atoms with Crippen molar-refractivity contribution in [3.8, 4) is 0 Å². The Bertz CT molecular complexity index is 289. The monoisotopic (exact) mass is 218 g/mol. The van der Waals surface area contributed by atoms with Crippen LogP contribution >= 0.6 is 11.6 Å². The molecule has 0 fully saturated rings. The number of hydrogen-bond acceptors (Lipinski definition) is 5. The van der Waals surface area contributed by atoms with E-state index in [2.05, 4.69) is 20.4 Å². The number of alkyl halides is 1. The first kappa shape index (κ1) is 10.6. The molecule has 0 aliphatic carbocycles. The smallest absolute Gasteiger partial charge is 0.411 e. The summed E-state index contributed by atoms with van der Waals surface area (Å²) in [6.07, 6.45) is 0.892. The molecule has 0 radical (unpaired) electrons. The Morgan fingerprint density at radius 3 is 3.21 bits per heavy atom. The van der Waals surface area contributed by atoms with Crippen molar-refractivity contribution in [2.24, 2.45) is 10.7 Å². The molecule has 1 heterocycles. The number of alkyl carbamates (subject to hydrolysis) is 1. The van der Waals surface area contributed by atoms with E-state index in [1.807, 2.05) is 0 Å². The van der Waals surface area contributed by atoms with Gasteiger partial charge in [-0.2, -0.15) is 0 Å². The van der Waals surface area contributed by atoms with Gasteiger partial charge in [0.15, 0.2) is 5.62 Å². The van der Waals surface area contributed by atoms with Gasteiger partial charge in [0.25, 0.3) is 0 Å². The summed E-state index contributed by atoms with van der Waals surface area (Å²) in [6, 6.07) is 0. The van der Waals surface area contributed by atoms with Gasteiger partial charge in [0.2, 0.25) is 0 Å². The van der Waals surface area contributed by atoms with E-state index in [0.717, 1.165) is 0 Å². The highest BCUT2D eigenvalue weighted by Gasteiger charge is 2.14. The minimum atomic E-state index is -0.595. The molecule has 7 heteroatoms. The van der Waals surface area contributed by atoms with Crippen molar-refractivity contribution in [2.75, 3.05) is 6.61 Å². The molecule has 78 valence electrons.